The van der Waals surface area contributed by atoms with Crippen LogP contribution in [-0.4, -0.2) is 27.3 Å². The Morgan fingerprint density at radius 2 is 1.65 bits per heavy atom. The Labute approximate surface area is 106 Å². The number of methoxy groups -OCH3 is 3. The first kappa shape index (κ1) is 15.5. The summed E-state index contributed by atoms with van der Waals surface area (Å²) < 4.78 is 14.9. The minimum atomic E-state index is -0.920. The molecule has 0 aliphatic rings. The Morgan fingerprint density at radius 3 is 2.00 bits per heavy atom. The summed E-state index contributed by atoms with van der Waals surface area (Å²) in [6.45, 7) is 0. The summed E-state index contributed by atoms with van der Waals surface area (Å²) in [4.78, 5) is 11.4. The summed E-state index contributed by atoms with van der Waals surface area (Å²) in [5.74, 6) is 0.456. The average Bonchev–Trinajstić information content (AvgIpc) is 2.35. The maximum absolute atomic E-state index is 11.4. The second kappa shape index (κ2) is 6.98. The highest BCUT2D eigenvalue weighted by molar-refractivity contribution is 5.85. The quantitative estimate of drug-likeness (QED) is 0.827. The van der Waals surface area contributed by atoms with Gasteiger partial charge in [-0.25, -0.2) is 4.79 Å². The highest BCUT2D eigenvalue weighted by Gasteiger charge is 2.24. The van der Waals surface area contributed by atoms with Gasteiger partial charge in [-0.1, -0.05) is 6.07 Å². The van der Waals surface area contributed by atoms with Gasteiger partial charge in [0.15, 0.2) is 0 Å². The first-order valence-corrected chi connectivity index (χ1v) is 4.70. The van der Waals surface area contributed by atoms with Crippen molar-refractivity contribution in [3.63, 3.8) is 0 Å². The molecule has 0 unspecified atom stereocenters. The Kier molecular flexibility index (Phi) is 6.38. The van der Waals surface area contributed by atoms with Gasteiger partial charge < -0.3 is 19.9 Å². The lowest BCUT2D eigenvalue weighted by Crippen LogP contribution is -2.23. The van der Waals surface area contributed by atoms with Crippen LogP contribution in [0.1, 0.15) is 11.6 Å². The van der Waals surface area contributed by atoms with Crippen molar-refractivity contribution >= 4 is 18.4 Å². The molecule has 6 heteroatoms. The van der Waals surface area contributed by atoms with Crippen molar-refractivity contribution in [2.75, 3.05) is 21.3 Å². The number of nitrogens with two attached hydrogens (primary N) is 1. The Balaban J connectivity index is 0.00000256. The predicted octanol–water partition coefficient (Wildman–Crippen LogP) is 1.30. The van der Waals surface area contributed by atoms with Crippen molar-refractivity contribution in [1.29, 1.82) is 0 Å². The van der Waals surface area contributed by atoms with Gasteiger partial charge in [0.1, 0.15) is 17.5 Å². The Morgan fingerprint density at radius 1 is 1.18 bits per heavy atom. The second-order valence-corrected chi connectivity index (χ2v) is 3.08. The maximum atomic E-state index is 11.4. The molecule has 2 N–H and O–H groups in total. The molecule has 0 radical (unpaired) electrons. The van der Waals surface area contributed by atoms with Gasteiger partial charge in [-0.15, -0.1) is 12.4 Å². The predicted molar refractivity (Wildman–Crippen MR) is 65.7 cm³/mol. The van der Waals surface area contributed by atoms with E-state index in [1.165, 1.54) is 21.3 Å². The molecular weight excluding hydrogens is 246 g/mol. The number of rotatable bonds is 4. The number of hydrogen-bond donors (Lipinski definition) is 1. The van der Waals surface area contributed by atoms with Gasteiger partial charge in [0.2, 0.25) is 0 Å². The van der Waals surface area contributed by atoms with E-state index in [1.807, 2.05) is 0 Å². The average molecular weight is 262 g/mol. The van der Waals surface area contributed by atoms with Crippen LogP contribution >= 0.6 is 12.4 Å². The lowest BCUT2D eigenvalue weighted by molar-refractivity contribution is -0.142. The number of benzene rings is 1. The highest BCUT2D eigenvalue weighted by atomic mass is 35.5. The fourth-order valence-corrected chi connectivity index (χ4v) is 1.43. The number of hydrogen-bond acceptors (Lipinski definition) is 5. The first-order valence-electron chi connectivity index (χ1n) is 4.70. The largest absolute Gasteiger partial charge is 0.496 e. The molecule has 0 fully saturated rings. The molecular formula is C11H16ClNO4. The van der Waals surface area contributed by atoms with Gasteiger partial charge in [0, 0.05) is 0 Å². The highest BCUT2D eigenvalue weighted by Crippen LogP contribution is 2.33. The van der Waals surface area contributed by atoms with Crippen molar-refractivity contribution < 1.29 is 19.0 Å². The van der Waals surface area contributed by atoms with E-state index < -0.39 is 12.0 Å². The topological polar surface area (TPSA) is 70.8 Å². The first-order chi connectivity index (χ1) is 7.65. The van der Waals surface area contributed by atoms with Gasteiger partial charge in [-0.05, 0) is 12.1 Å². The fraction of sp³-hybridized carbons (Fsp3) is 0.364. The molecule has 1 atom stereocenters. The molecule has 1 aromatic carbocycles. The molecule has 5 nitrogen and oxygen atoms in total. The van der Waals surface area contributed by atoms with E-state index in [0.29, 0.717) is 17.1 Å². The van der Waals surface area contributed by atoms with Crippen LogP contribution in [0.4, 0.5) is 0 Å². The third-order valence-electron chi connectivity index (χ3n) is 2.23. The normalized spacial score (nSPS) is 11.1. The van der Waals surface area contributed by atoms with Crippen LogP contribution in [0.15, 0.2) is 18.2 Å². The zero-order valence-electron chi connectivity index (χ0n) is 9.93. The lowest BCUT2D eigenvalue weighted by Gasteiger charge is -2.16. The number of ether oxygens (including phenoxy) is 3. The van der Waals surface area contributed by atoms with Crippen molar-refractivity contribution in [1.82, 2.24) is 0 Å². The summed E-state index contributed by atoms with van der Waals surface area (Å²) in [5.41, 5.74) is 6.25. The van der Waals surface area contributed by atoms with E-state index in [9.17, 15) is 4.79 Å². The minimum absolute atomic E-state index is 0. The van der Waals surface area contributed by atoms with E-state index in [1.54, 1.807) is 18.2 Å². The molecule has 17 heavy (non-hydrogen) atoms. The Hall–Kier alpha value is -1.46. The molecule has 1 aromatic rings. The van der Waals surface area contributed by atoms with Gasteiger partial charge >= 0.3 is 5.97 Å². The van der Waals surface area contributed by atoms with E-state index in [0.717, 1.165) is 0 Å². The zero-order valence-corrected chi connectivity index (χ0v) is 10.7. The molecule has 0 spiro atoms. The van der Waals surface area contributed by atoms with Crippen molar-refractivity contribution in [2.24, 2.45) is 5.73 Å². The Bertz CT molecular complexity index is 361. The zero-order chi connectivity index (χ0) is 12.1. The SMILES string of the molecule is COC(=O)[C@H](N)c1c(OC)cccc1OC.Cl. The fourth-order valence-electron chi connectivity index (χ4n) is 1.43. The standard InChI is InChI=1S/C11H15NO4.ClH/c1-14-7-5-4-6-8(15-2)9(7)10(12)11(13)16-3;/h4-6,10H,12H2,1-3H3;1H/t10-;/m1./s1. The summed E-state index contributed by atoms with van der Waals surface area (Å²) in [7, 11) is 4.29. The lowest BCUT2D eigenvalue weighted by atomic mass is 10.1. The molecule has 1 rings (SSSR count). The molecule has 0 aliphatic heterocycles. The molecule has 0 bridgehead atoms. The van der Waals surface area contributed by atoms with Gasteiger partial charge in [-0.2, -0.15) is 0 Å². The van der Waals surface area contributed by atoms with Gasteiger partial charge in [0.05, 0.1) is 26.9 Å². The molecule has 0 aliphatic carbocycles. The smallest absolute Gasteiger partial charge is 0.327 e. The summed E-state index contributed by atoms with van der Waals surface area (Å²) in [5, 5.41) is 0. The van der Waals surface area contributed by atoms with Crippen LogP contribution in [0.2, 0.25) is 0 Å². The van der Waals surface area contributed by atoms with E-state index in [4.69, 9.17) is 15.2 Å². The van der Waals surface area contributed by atoms with E-state index in [-0.39, 0.29) is 12.4 Å². The molecule has 0 saturated carbocycles. The number of halogens is 1. The van der Waals surface area contributed by atoms with Gasteiger partial charge in [-0.3, -0.25) is 0 Å². The monoisotopic (exact) mass is 261 g/mol. The summed E-state index contributed by atoms with van der Waals surface area (Å²) in [6, 6.07) is 4.25. The molecule has 0 aromatic heterocycles. The molecule has 0 saturated heterocycles. The van der Waals surface area contributed by atoms with Crippen molar-refractivity contribution in [2.45, 2.75) is 6.04 Å². The van der Waals surface area contributed by atoms with Gasteiger partial charge in [0.25, 0.3) is 0 Å². The van der Waals surface area contributed by atoms with Crippen LogP contribution in [-0.2, 0) is 9.53 Å². The van der Waals surface area contributed by atoms with Crippen LogP contribution in [0.3, 0.4) is 0 Å². The number of esters is 1. The van der Waals surface area contributed by atoms with E-state index in [2.05, 4.69) is 4.74 Å². The number of carbonyl (C=O) groups excluding carboxylic acids is 1. The van der Waals surface area contributed by atoms with Crippen LogP contribution in [0, 0.1) is 0 Å². The second-order valence-electron chi connectivity index (χ2n) is 3.08. The van der Waals surface area contributed by atoms with Crippen molar-refractivity contribution in [3.05, 3.63) is 23.8 Å². The van der Waals surface area contributed by atoms with Crippen LogP contribution in [0.5, 0.6) is 11.5 Å². The van der Waals surface area contributed by atoms with E-state index >= 15 is 0 Å². The number of carbonyl (C=O) groups is 1. The molecule has 0 amide bonds. The van der Waals surface area contributed by atoms with Crippen molar-refractivity contribution in [3.8, 4) is 11.5 Å². The maximum Gasteiger partial charge on any atom is 0.327 e. The molecule has 0 heterocycles. The minimum Gasteiger partial charge on any atom is -0.496 e. The van der Waals surface area contributed by atoms with Crippen LogP contribution < -0.4 is 15.2 Å². The third kappa shape index (κ3) is 3.25. The third-order valence-corrected chi connectivity index (χ3v) is 2.23. The summed E-state index contributed by atoms with van der Waals surface area (Å²) >= 11 is 0. The molecule has 96 valence electrons. The summed E-state index contributed by atoms with van der Waals surface area (Å²) in [6.07, 6.45) is 0. The van der Waals surface area contributed by atoms with Crippen LogP contribution in [0.25, 0.3) is 0 Å².